The first-order valence-corrected chi connectivity index (χ1v) is 6.51. The molecule has 0 radical (unpaired) electrons. The molecule has 0 aliphatic heterocycles. The molecule has 2 saturated carbocycles. The lowest BCUT2D eigenvalue weighted by atomic mass is 9.95. The molecule has 18 heavy (non-hydrogen) atoms. The number of rotatable bonds is 3. The molecule has 2 fully saturated rings. The van der Waals surface area contributed by atoms with Gasteiger partial charge in [-0.3, -0.25) is 10.1 Å². The van der Waals surface area contributed by atoms with Gasteiger partial charge in [-0.2, -0.15) is 0 Å². The molecule has 3 atom stereocenters. The molecule has 1 heterocycles. The largest absolute Gasteiger partial charge is 0.367 e. The number of aryl methyl sites for hydroxylation is 1. The highest BCUT2D eigenvalue weighted by Gasteiger charge is 2.39. The molecule has 2 bridgehead atoms. The summed E-state index contributed by atoms with van der Waals surface area (Å²) >= 11 is 0. The van der Waals surface area contributed by atoms with E-state index < -0.39 is 0 Å². The van der Waals surface area contributed by atoms with Gasteiger partial charge >= 0.3 is 0 Å². The number of aromatic nitrogens is 1. The predicted molar refractivity (Wildman–Crippen MR) is 68.5 cm³/mol. The number of nitrogens with one attached hydrogen (secondary N) is 1. The Labute approximate surface area is 106 Å². The molecule has 0 aromatic carbocycles. The zero-order chi connectivity index (χ0) is 12.7. The van der Waals surface area contributed by atoms with Crippen LogP contribution in [-0.2, 0) is 0 Å². The van der Waals surface area contributed by atoms with Crippen molar-refractivity contribution in [2.45, 2.75) is 38.6 Å². The Morgan fingerprint density at radius 3 is 2.83 bits per heavy atom. The average Bonchev–Trinajstić information content (AvgIpc) is 2.90. The van der Waals surface area contributed by atoms with Crippen molar-refractivity contribution in [3.05, 3.63) is 27.9 Å². The van der Waals surface area contributed by atoms with Gasteiger partial charge in [-0.15, -0.1) is 0 Å². The Kier molecular flexibility index (Phi) is 2.69. The highest BCUT2D eigenvalue weighted by atomic mass is 16.6. The van der Waals surface area contributed by atoms with Gasteiger partial charge in [0.25, 0.3) is 5.69 Å². The summed E-state index contributed by atoms with van der Waals surface area (Å²) in [5.74, 6) is 2.43. The van der Waals surface area contributed by atoms with Crippen LogP contribution in [0.4, 0.5) is 11.5 Å². The number of hydrogen-bond donors (Lipinski definition) is 1. The fraction of sp³-hybridized carbons (Fsp3) is 0.615. The van der Waals surface area contributed by atoms with Crippen molar-refractivity contribution < 1.29 is 4.92 Å². The molecule has 0 amide bonds. The summed E-state index contributed by atoms with van der Waals surface area (Å²) < 4.78 is 0. The number of nitrogens with zero attached hydrogens (tertiary/aromatic N) is 2. The van der Waals surface area contributed by atoms with Gasteiger partial charge in [-0.1, -0.05) is 6.42 Å². The normalized spacial score (nSPS) is 29.5. The molecule has 1 N–H and O–H groups in total. The van der Waals surface area contributed by atoms with Crippen LogP contribution in [0.25, 0.3) is 0 Å². The second kappa shape index (κ2) is 4.23. The van der Waals surface area contributed by atoms with Gasteiger partial charge in [0.15, 0.2) is 0 Å². The van der Waals surface area contributed by atoms with Crippen LogP contribution in [0.1, 0.15) is 31.2 Å². The minimum Gasteiger partial charge on any atom is -0.367 e. The van der Waals surface area contributed by atoms with E-state index in [1.807, 2.05) is 0 Å². The minimum absolute atomic E-state index is 0.0912. The van der Waals surface area contributed by atoms with Gasteiger partial charge < -0.3 is 5.32 Å². The Morgan fingerprint density at radius 2 is 2.28 bits per heavy atom. The van der Waals surface area contributed by atoms with Crippen LogP contribution in [0.3, 0.4) is 0 Å². The Morgan fingerprint density at radius 1 is 1.44 bits per heavy atom. The Hall–Kier alpha value is -1.65. The van der Waals surface area contributed by atoms with E-state index in [-0.39, 0.29) is 10.6 Å². The van der Waals surface area contributed by atoms with Crippen LogP contribution in [0.15, 0.2) is 12.3 Å². The quantitative estimate of drug-likeness (QED) is 0.658. The van der Waals surface area contributed by atoms with Gasteiger partial charge in [-0.25, -0.2) is 4.98 Å². The van der Waals surface area contributed by atoms with Gasteiger partial charge in [0.2, 0.25) is 0 Å². The molecule has 2 aliphatic carbocycles. The molecular weight excluding hydrogens is 230 g/mol. The van der Waals surface area contributed by atoms with Crippen molar-refractivity contribution in [1.82, 2.24) is 4.98 Å². The molecule has 3 rings (SSSR count). The van der Waals surface area contributed by atoms with Crippen LogP contribution in [0.5, 0.6) is 0 Å². The van der Waals surface area contributed by atoms with E-state index in [1.54, 1.807) is 13.0 Å². The molecule has 96 valence electrons. The first kappa shape index (κ1) is 11.4. The summed E-state index contributed by atoms with van der Waals surface area (Å²) in [4.78, 5) is 14.5. The van der Waals surface area contributed by atoms with Gasteiger partial charge in [0.05, 0.1) is 4.92 Å². The van der Waals surface area contributed by atoms with Crippen LogP contribution in [0.2, 0.25) is 0 Å². The van der Waals surface area contributed by atoms with Crippen molar-refractivity contribution in [1.29, 1.82) is 0 Å². The molecule has 5 nitrogen and oxygen atoms in total. The van der Waals surface area contributed by atoms with Crippen molar-refractivity contribution >= 4 is 11.5 Å². The van der Waals surface area contributed by atoms with E-state index >= 15 is 0 Å². The van der Waals surface area contributed by atoms with E-state index in [0.717, 1.165) is 17.7 Å². The molecule has 0 spiro atoms. The second-order valence-corrected chi connectivity index (χ2v) is 5.54. The van der Waals surface area contributed by atoms with Gasteiger partial charge in [0.1, 0.15) is 12.0 Å². The van der Waals surface area contributed by atoms with Crippen molar-refractivity contribution in [3.8, 4) is 0 Å². The predicted octanol–water partition coefficient (Wildman–Crippen LogP) is 2.90. The topological polar surface area (TPSA) is 68.1 Å². The van der Waals surface area contributed by atoms with E-state index in [4.69, 9.17) is 0 Å². The third-order valence-corrected chi connectivity index (χ3v) is 4.35. The summed E-state index contributed by atoms with van der Waals surface area (Å²) in [6.45, 7) is 1.76. The number of anilines is 1. The van der Waals surface area contributed by atoms with E-state index in [0.29, 0.717) is 11.6 Å². The van der Waals surface area contributed by atoms with Crippen molar-refractivity contribution in [2.75, 3.05) is 5.32 Å². The van der Waals surface area contributed by atoms with E-state index in [1.165, 1.54) is 31.9 Å². The summed E-state index contributed by atoms with van der Waals surface area (Å²) in [5, 5.41) is 14.2. The monoisotopic (exact) mass is 247 g/mol. The average molecular weight is 247 g/mol. The number of hydrogen-bond acceptors (Lipinski definition) is 4. The van der Waals surface area contributed by atoms with Gasteiger partial charge in [0, 0.05) is 11.6 Å². The first-order valence-electron chi connectivity index (χ1n) is 6.51. The Balaban J connectivity index is 1.74. The number of pyridine rings is 1. The third kappa shape index (κ3) is 1.94. The highest BCUT2D eigenvalue weighted by molar-refractivity contribution is 5.47. The molecule has 5 heteroatoms. The smallest absolute Gasteiger partial charge is 0.290 e. The lowest BCUT2D eigenvalue weighted by Gasteiger charge is -2.23. The maximum Gasteiger partial charge on any atom is 0.290 e. The third-order valence-electron chi connectivity index (χ3n) is 4.35. The fourth-order valence-corrected chi connectivity index (χ4v) is 3.43. The molecule has 1 aromatic rings. The maximum atomic E-state index is 10.7. The molecule has 1 aromatic heterocycles. The Bertz CT molecular complexity index is 489. The fourth-order valence-electron chi connectivity index (χ4n) is 3.43. The summed E-state index contributed by atoms with van der Waals surface area (Å²) in [7, 11) is 0. The second-order valence-electron chi connectivity index (χ2n) is 5.54. The zero-order valence-electron chi connectivity index (χ0n) is 10.4. The molecule has 2 aliphatic rings. The molecular formula is C13H17N3O2. The SMILES string of the molecule is Cc1cc(NC2CC3CCC2C3)ncc1[N+](=O)[O-]. The van der Waals surface area contributed by atoms with Crippen molar-refractivity contribution in [3.63, 3.8) is 0 Å². The lowest BCUT2D eigenvalue weighted by molar-refractivity contribution is -0.385. The van der Waals surface area contributed by atoms with E-state index in [2.05, 4.69) is 10.3 Å². The summed E-state index contributed by atoms with van der Waals surface area (Å²) in [5.41, 5.74) is 0.758. The zero-order valence-corrected chi connectivity index (χ0v) is 10.4. The van der Waals surface area contributed by atoms with Crippen LogP contribution >= 0.6 is 0 Å². The number of fused-ring (bicyclic) bond motifs is 2. The van der Waals surface area contributed by atoms with Crippen LogP contribution < -0.4 is 5.32 Å². The van der Waals surface area contributed by atoms with Gasteiger partial charge in [-0.05, 0) is 44.1 Å². The minimum atomic E-state index is -0.385. The molecule has 0 saturated heterocycles. The number of nitro groups is 1. The lowest BCUT2D eigenvalue weighted by Crippen LogP contribution is -2.26. The summed E-state index contributed by atoms with van der Waals surface area (Å²) in [6, 6.07) is 2.29. The van der Waals surface area contributed by atoms with Crippen LogP contribution in [0, 0.1) is 28.9 Å². The highest BCUT2D eigenvalue weighted by Crippen LogP contribution is 2.45. The standard InChI is InChI=1S/C13H17N3O2/c1-8-4-13(14-7-12(8)16(17)18)15-11-6-9-2-3-10(11)5-9/h4,7,9-11H,2-3,5-6H2,1H3,(H,14,15). The first-order chi connectivity index (χ1) is 8.63. The maximum absolute atomic E-state index is 10.7. The molecule has 3 unspecified atom stereocenters. The summed E-state index contributed by atoms with van der Waals surface area (Å²) in [6.07, 6.45) is 6.60. The van der Waals surface area contributed by atoms with E-state index in [9.17, 15) is 10.1 Å². The van der Waals surface area contributed by atoms with Crippen LogP contribution in [-0.4, -0.2) is 15.9 Å². The van der Waals surface area contributed by atoms with Crippen molar-refractivity contribution in [2.24, 2.45) is 11.8 Å².